The van der Waals surface area contributed by atoms with E-state index in [-0.39, 0.29) is 34.7 Å². The Hall–Kier alpha value is -2.01. The molecular formula is C18H19ClO5. The summed E-state index contributed by atoms with van der Waals surface area (Å²) in [4.78, 5) is 25.5. The van der Waals surface area contributed by atoms with Gasteiger partial charge in [-0.2, -0.15) is 0 Å². The highest BCUT2D eigenvalue weighted by Gasteiger charge is 2.58. The Morgan fingerprint density at radius 3 is 2.42 bits per heavy atom. The SMILES string of the molecule is COc1cc(OC)c2c(c1Cl)O[C@]1(C2=O)C(C)=C(C)C(=O)C[C@H]1C. The maximum absolute atomic E-state index is 13.3. The van der Waals surface area contributed by atoms with Gasteiger partial charge in [-0.15, -0.1) is 0 Å². The molecule has 1 aromatic rings. The standard InChI is InChI=1S/C18H19ClO5/c1-8-6-11(20)9(2)10(3)18(8)17(21)14-12(22-4)7-13(23-5)15(19)16(14)24-18/h7-8H,6H2,1-5H3/t8-,18+/m1/s1. The van der Waals surface area contributed by atoms with E-state index < -0.39 is 5.60 Å². The van der Waals surface area contributed by atoms with E-state index in [1.807, 2.05) is 6.92 Å². The number of carbonyl (C=O) groups is 2. The smallest absolute Gasteiger partial charge is 0.218 e. The fourth-order valence-electron chi connectivity index (χ4n) is 3.60. The Balaban J connectivity index is 2.29. The average molecular weight is 351 g/mol. The number of ether oxygens (including phenoxy) is 3. The summed E-state index contributed by atoms with van der Waals surface area (Å²) < 4.78 is 16.8. The molecular weight excluding hydrogens is 332 g/mol. The summed E-state index contributed by atoms with van der Waals surface area (Å²) in [6, 6.07) is 1.58. The predicted octanol–water partition coefficient (Wildman–Crippen LogP) is 3.62. The number of halogens is 1. The number of hydrogen-bond acceptors (Lipinski definition) is 5. The summed E-state index contributed by atoms with van der Waals surface area (Å²) in [5.74, 6) is 0.480. The monoisotopic (exact) mass is 350 g/mol. The summed E-state index contributed by atoms with van der Waals surface area (Å²) in [7, 11) is 2.96. The van der Waals surface area contributed by atoms with Crippen LogP contribution in [0.15, 0.2) is 17.2 Å². The molecule has 3 rings (SSSR count). The molecule has 0 radical (unpaired) electrons. The second kappa shape index (κ2) is 5.52. The number of hydrogen-bond donors (Lipinski definition) is 0. The van der Waals surface area contributed by atoms with E-state index in [4.69, 9.17) is 25.8 Å². The Kier molecular flexibility index (Phi) is 3.87. The number of carbonyl (C=O) groups excluding carboxylic acids is 2. The normalized spacial score (nSPS) is 25.8. The Labute approximate surface area is 145 Å². The Morgan fingerprint density at radius 1 is 1.21 bits per heavy atom. The lowest BCUT2D eigenvalue weighted by Crippen LogP contribution is -2.51. The van der Waals surface area contributed by atoms with Crippen LogP contribution in [0.2, 0.25) is 5.02 Å². The molecule has 1 aliphatic carbocycles. The van der Waals surface area contributed by atoms with Gasteiger partial charge in [-0.1, -0.05) is 18.5 Å². The van der Waals surface area contributed by atoms with Crippen LogP contribution in [0.5, 0.6) is 17.2 Å². The molecule has 1 aliphatic heterocycles. The number of Topliss-reactive ketones (excluding diaryl/α,β-unsaturated/α-hetero) is 2. The van der Waals surface area contributed by atoms with Gasteiger partial charge in [-0.05, 0) is 25.0 Å². The fourth-order valence-corrected chi connectivity index (χ4v) is 3.87. The van der Waals surface area contributed by atoms with Gasteiger partial charge >= 0.3 is 0 Å². The second-order valence-electron chi connectivity index (χ2n) is 6.24. The van der Waals surface area contributed by atoms with E-state index in [0.29, 0.717) is 28.2 Å². The third-order valence-corrected chi connectivity index (χ3v) is 5.50. The summed E-state index contributed by atoms with van der Waals surface area (Å²) >= 11 is 6.37. The molecule has 0 saturated heterocycles. The lowest BCUT2D eigenvalue weighted by molar-refractivity contribution is -0.118. The molecule has 2 atom stereocenters. The summed E-state index contributed by atoms with van der Waals surface area (Å²) in [5.41, 5.74) is 0.279. The van der Waals surface area contributed by atoms with Crippen molar-refractivity contribution in [3.8, 4) is 17.2 Å². The Bertz CT molecular complexity index is 795. The van der Waals surface area contributed by atoms with Gasteiger partial charge in [0.2, 0.25) is 5.78 Å². The largest absolute Gasteiger partial charge is 0.496 e. The molecule has 0 aromatic heterocycles. The van der Waals surface area contributed by atoms with E-state index in [2.05, 4.69) is 0 Å². The van der Waals surface area contributed by atoms with Gasteiger partial charge in [0.05, 0.1) is 14.2 Å². The zero-order valence-electron chi connectivity index (χ0n) is 14.3. The summed E-state index contributed by atoms with van der Waals surface area (Å²) in [6.45, 7) is 5.34. The van der Waals surface area contributed by atoms with Crippen LogP contribution >= 0.6 is 11.6 Å². The first kappa shape index (κ1) is 16.8. The number of ketones is 2. The van der Waals surface area contributed by atoms with Crippen LogP contribution in [0, 0.1) is 5.92 Å². The van der Waals surface area contributed by atoms with Crippen LogP contribution < -0.4 is 14.2 Å². The van der Waals surface area contributed by atoms with Crippen LogP contribution in [-0.2, 0) is 4.79 Å². The quantitative estimate of drug-likeness (QED) is 0.815. The minimum atomic E-state index is -1.22. The van der Waals surface area contributed by atoms with Gasteiger partial charge in [0.25, 0.3) is 0 Å². The number of allylic oxidation sites excluding steroid dienone is 1. The number of rotatable bonds is 2. The van der Waals surface area contributed by atoms with Crippen molar-refractivity contribution in [1.82, 2.24) is 0 Å². The summed E-state index contributed by atoms with van der Waals surface area (Å²) in [5, 5.41) is 0.230. The maximum atomic E-state index is 13.3. The van der Waals surface area contributed by atoms with Gasteiger partial charge in [0.15, 0.2) is 17.1 Å². The van der Waals surface area contributed by atoms with Crippen molar-refractivity contribution >= 4 is 23.2 Å². The zero-order valence-corrected chi connectivity index (χ0v) is 15.0. The predicted molar refractivity (Wildman–Crippen MR) is 89.4 cm³/mol. The van der Waals surface area contributed by atoms with E-state index in [1.54, 1.807) is 19.9 Å². The van der Waals surface area contributed by atoms with E-state index in [0.717, 1.165) is 0 Å². The first-order chi connectivity index (χ1) is 11.3. The van der Waals surface area contributed by atoms with Crippen molar-refractivity contribution in [2.45, 2.75) is 32.8 Å². The fraction of sp³-hybridized carbons (Fsp3) is 0.444. The van der Waals surface area contributed by atoms with Crippen molar-refractivity contribution in [1.29, 1.82) is 0 Å². The molecule has 1 heterocycles. The van der Waals surface area contributed by atoms with Crippen molar-refractivity contribution in [3.05, 3.63) is 27.8 Å². The third-order valence-electron chi connectivity index (χ3n) is 5.14. The minimum Gasteiger partial charge on any atom is -0.496 e. The molecule has 0 saturated carbocycles. The molecule has 0 fully saturated rings. The molecule has 24 heavy (non-hydrogen) atoms. The summed E-state index contributed by atoms with van der Waals surface area (Å²) in [6.07, 6.45) is 0.250. The van der Waals surface area contributed by atoms with Crippen LogP contribution in [-0.4, -0.2) is 31.4 Å². The van der Waals surface area contributed by atoms with Gasteiger partial charge in [0.1, 0.15) is 22.1 Å². The average Bonchev–Trinajstić information content (AvgIpc) is 2.88. The van der Waals surface area contributed by atoms with Crippen molar-refractivity contribution in [2.24, 2.45) is 5.92 Å². The third kappa shape index (κ3) is 1.94. The zero-order chi connectivity index (χ0) is 17.8. The highest BCUT2D eigenvalue weighted by molar-refractivity contribution is 6.35. The molecule has 1 spiro atoms. The van der Waals surface area contributed by atoms with Crippen LogP contribution in [0.25, 0.3) is 0 Å². The lowest BCUT2D eigenvalue weighted by atomic mass is 9.70. The number of fused-ring (bicyclic) bond motifs is 1. The van der Waals surface area contributed by atoms with E-state index >= 15 is 0 Å². The molecule has 5 nitrogen and oxygen atoms in total. The highest BCUT2D eigenvalue weighted by Crippen LogP contribution is 2.54. The minimum absolute atomic E-state index is 0.0358. The molecule has 1 aromatic carbocycles. The lowest BCUT2D eigenvalue weighted by Gasteiger charge is -2.38. The van der Waals surface area contributed by atoms with Crippen molar-refractivity contribution < 1.29 is 23.8 Å². The van der Waals surface area contributed by atoms with E-state index in [1.165, 1.54) is 14.2 Å². The van der Waals surface area contributed by atoms with Crippen LogP contribution in [0.3, 0.4) is 0 Å². The first-order valence-corrected chi connectivity index (χ1v) is 8.06. The number of benzene rings is 1. The molecule has 128 valence electrons. The second-order valence-corrected chi connectivity index (χ2v) is 6.62. The molecule has 0 bridgehead atoms. The molecule has 0 N–H and O–H groups in total. The van der Waals surface area contributed by atoms with Gasteiger partial charge in [-0.25, -0.2) is 0 Å². The molecule has 2 aliphatic rings. The van der Waals surface area contributed by atoms with Gasteiger partial charge in [0, 0.05) is 18.4 Å². The maximum Gasteiger partial charge on any atom is 0.218 e. The number of methoxy groups -OCH3 is 2. The topological polar surface area (TPSA) is 61.8 Å². The molecule has 6 heteroatoms. The van der Waals surface area contributed by atoms with E-state index in [9.17, 15) is 9.59 Å². The molecule has 0 unspecified atom stereocenters. The van der Waals surface area contributed by atoms with Gasteiger partial charge < -0.3 is 14.2 Å². The Morgan fingerprint density at radius 2 is 1.83 bits per heavy atom. The highest BCUT2D eigenvalue weighted by atomic mass is 35.5. The molecule has 0 amide bonds. The van der Waals surface area contributed by atoms with Crippen LogP contribution in [0.1, 0.15) is 37.6 Å². The first-order valence-electron chi connectivity index (χ1n) is 7.69. The van der Waals surface area contributed by atoms with Gasteiger partial charge in [-0.3, -0.25) is 9.59 Å². The van der Waals surface area contributed by atoms with Crippen molar-refractivity contribution in [3.63, 3.8) is 0 Å². The van der Waals surface area contributed by atoms with Crippen LogP contribution in [0.4, 0.5) is 0 Å². The van der Waals surface area contributed by atoms with Crippen molar-refractivity contribution in [2.75, 3.05) is 14.2 Å².